The Labute approximate surface area is 276 Å². The summed E-state index contributed by atoms with van der Waals surface area (Å²) in [7, 11) is 2.55. The number of nitrogens with zero attached hydrogens (tertiary/aromatic N) is 4. The summed E-state index contributed by atoms with van der Waals surface area (Å²) in [6.45, 7) is 3.31. The number of aromatic nitrogens is 4. The minimum atomic E-state index is -0.670. The lowest BCUT2D eigenvalue weighted by Crippen LogP contribution is -2.05. The van der Waals surface area contributed by atoms with Gasteiger partial charge in [0.2, 0.25) is 0 Å². The zero-order valence-electron chi connectivity index (χ0n) is 24.2. The molecule has 0 saturated heterocycles. The Morgan fingerprint density at radius 2 is 1.13 bits per heavy atom. The summed E-state index contributed by atoms with van der Waals surface area (Å²) >= 11 is 3.29. The Balaban J connectivity index is 0.000000245. The van der Waals surface area contributed by atoms with Crippen molar-refractivity contribution in [2.75, 3.05) is 14.2 Å². The molecular weight excluding hydrogens is 684 g/mol. The van der Waals surface area contributed by atoms with Crippen LogP contribution in [0.2, 0.25) is 0 Å². The fourth-order valence-corrected chi connectivity index (χ4v) is 5.52. The third kappa shape index (κ3) is 6.61. The summed E-state index contributed by atoms with van der Waals surface area (Å²) in [6, 6.07) is 13.6. The Morgan fingerprint density at radius 3 is 1.64 bits per heavy atom. The van der Waals surface area contributed by atoms with Gasteiger partial charge < -0.3 is 9.47 Å². The number of hydrogen-bond donors (Lipinski definition) is 0. The van der Waals surface area contributed by atoms with E-state index < -0.39 is 35.2 Å². The van der Waals surface area contributed by atoms with Gasteiger partial charge in [0.15, 0.2) is 0 Å². The van der Waals surface area contributed by atoms with Crippen LogP contribution in [-0.2, 0) is 9.47 Å². The first-order valence-electron chi connectivity index (χ1n) is 13.2. The Bertz CT molecular complexity index is 2090. The van der Waals surface area contributed by atoms with Crippen LogP contribution in [0, 0.1) is 37.1 Å². The largest absolute Gasteiger partial charge is 0.465 e. The van der Waals surface area contributed by atoms with Crippen molar-refractivity contribution < 1.29 is 36.6 Å². The van der Waals surface area contributed by atoms with Gasteiger partial charge in [-0.3, -0.25) is 0 Å². The number of carbonyl (C=O) groups excluding carboxylic acids is 2. The van der Waals surface area contributed by atoms with Crippen molar-refractivity contribution in [1.29, 1.82) is 0 Å². The maximum atomic E-state index is 14.1. The molecule has 0 N–H and O–H groups in total. The van der Waals surface area contributed by atoms with E-state index in [1.54, 1.807) is 26.0 Å². The number of carbonyl (C=O) groups is 2. The van der Waals surface area contributed by atoms with Crippen molar-refractivity contribution in [1.82, 2.24) is 19.2 Å². The summed E-state index contributed by atoms with van der Waals surface area (Å²) in [5, 5.41) is 8.50. The van der Waals surface area contributed by atoms with Crippen molar-refractivity contribution in [3.63, 3.8) is 0 Å². The maximum Gasteiger partial charge on any atom is 0.340 e. The van der Waals surface area contributed by atoms with Crippen molar-refractivity contribution in [3.8, 4) is 22.3 Å². The maximum absolute atomic E-state index is 14.1. The van der Waals surface area contributed by atoms with Gasteiger partial charge in [0.05, 0.1) is 58.9 Å². The third-order valence-corrected chi connectivity index (χ3v) is 7.73. The number of aryl methyl sites for hydroxylation is 2. The fraction of sp³-hybridized carbons (Fsp3) is 0.176. The molecule has 13 heteroatoms. The van der Waals surface area contributed by atoms with Crippen molar-refractivity contribution in [3.05, 3.63) is 117 Å². The molecule has 0 aliphatic rings. The van der Waals surface area contributed by atoms with Gasteiger partial charge >= 0.3 is 11.9 Å². The molecule has 0 saturated carbocycles. The summed E-state index contributed by atoms with van der Waals surface area (Å²) in [6.07, 6.45) is 1.47. The average molecular weight is 716 g/mol. The monoisotopic (exact) mass is 714 g/mol. The van der Waals surface area contributed by atoms with Gasteiger partial charge in [-0.15, -0.1) is 0 Å². The molecule has 0 aliphatic carbocycles. The Morgan fingerprint density at radius 1 is 0.660 bits per heavy atom. The quantitative estimate of drug-likeness (QED) is 0.103. The predicted molar refractivity (Wildman–Crippen MR) is 174 cm³/mol. The second-order valence-corrected chi connectivity index (χ2v) is 10.4. The molecule has 0 aliphatic heterocycles. The van der Waals surface area contributed by atoms with Crippen LogP contribution in [0.15, 0.2) is 71.5 Å². The van der Waals surface area contributed by atoms with Crippen LogP contribution in [0.25, 0.3) is 33.3 Å². The molecule has 246 valence electrons. The standard InChI is InChI=1S/C16H11BrF2N2O2.C16H12F2N2O2.2CH4/c1-8-13(14-10(18)4-3-5-11(14)19)12-7-6-9(16(22)23-2)15(17)21(12)20-8;1-9-14(15-11(17)4-3-5-12(15)18)13-7-6-10(16(21)22-2)8-20(13)19-9;;/h3-7H,1-2H3;3-8H,1-2H3;2*1H4. The number of benzene rings is 2. The normalized spacial score (nSPS) is 10.5. The summed E-state index contributed by atoms with van der Waals surface area (Å²) in [4.78, 5) is 23.3. The molecule has 0 spiro atoms. The van der Waals surface area contributed by atoms with Gasteiger partial charge in [-0.1, -0.05) is 27.0 Å². The van der Waals surface area contributed by atoms with Crippen LogP contribution in [0.3, 0.4) is 0 Å². The predicted octanol–water partition coefficient (Wildman–Crippen LogP) is 8.78. The topological polar surface area (TPSA) is 87.2 Å². The van der Waals surface area contributed by atoms with Gasteiger partial charge in [0, 0.05) is 17.3 Å². The summed E-state index contributed by atoms with van der Waals surface area (Å²) in [5.74, 6) is -3.70. The number of fused-ring (bicyclic) bond motifs is 2. The van der Waals surface area contributed by atoms with Crippen LogP contribution >= 0.6 is 15.9 Å². The third-order valence-electron chi connectivity index (χ3n) is 6.97. The first kappa shape index (κ1) is 36.4. The lowest BCUT2D eigenvalue weighted by Gasteiger charge is -2.07. The minimum absolute atomic E-state index is 0. The van der Waals surface area contributed by atoms with Crippen molar-refractivity contribution in [2.24, 2.45) is 0 Å². The number of halogens is 5. The van der Waals surface area contributed by atoms with Crippen LogP contribution in [0.1, 0.15) is 47.0 Å². The molecule has 47 heavy (non-hydrogen) atoms. The second-order valence-electron chi connectivity index (χ2n) is 9.68. The van der Waals surface area contributed by atoms with E-state index in [2.05, 4.69) is 30.9 Å². The number of rotatable bonds is 4. The van der Waals surface area contributed by atoms with Crippen molar-refractivity contribution in [2.45, 2.75) is 28.7 Å². The molecule has 6 aromatic rings. The van der Waals surface area contributed by atoms with E-state index in [-0.39, 0.29) is 31.5 Å². The van der Waals surface area contributed by atoms with Gasteiger partial charge in [-0.25, -0.2) is 36.2 Å². The molecule has 8 nitrogen and oxygen atoms in total. The Kier molecular flexibility index (Phi) is 11.3. The molecule has 6 rings (SSSR count). The van der Waals surface area contributed by atoms with Crippen LogP contribution in [0.4, 0.5) is 17.6 Å². The highest BCUT2D eigenvalue weighted by atomic mass is 79.9. The van der Waals surface area contributed by atoms with Gasteiger partial charge in [-0.2, -0.15) is 10.2 Å². The molecule has 2 aromatic carbocycles. The van der Waals surface area contributed by atoms with E-state index in [0.717, 1.165) is 0 Å². The molecule has 4 aromatic heterocycles. The molecule has 0 bridgehead atoms. The minimum Gasteiger partial charge on any atom is -0.465 e. The lowest BCUT2D eigenvalue weighted by molar-refractivity contribution is 0.0590. The van der Waals surface area contributed by atoms with Crippen LogP contribution in [-0.4, -0.2) is 45.4 Å². The number of pyridine rings is 2. The van der Waals surface area contributed by atoms with E-state index in [9.17, 15) is 27.2 Å². The summed E-state index contributed by atoms with van der Waals surface area (Å²) in [5.41, 5.74) is 2.91. The van der Waals surface area contributed by atoms with Gasteiger partial charge in [0.1, 0.15) is 27.9 Å². The van der Waals surface area contributed by atoms with Gasteiger partial charge in [0.25, 0.3) is 0 Å². The molecule has 0 atom stereocenters. The zero-order chi connectivity index (χ0) is 32.6. The lowest BCUT2D eigenvalue weighted by atomic mass is 10.0. The SMILES string of the molecule is C.C.COC(=O)c1ccc2c(-c3c(F)cccc3F)c(C)nn2c1.COC(=O)c1ccc2c(-c3c(F)cccc3F)c(C)nn2c1Br. The number of esters is 2. The molecular formula is C34H31BrF4N4O4. The van der Waals surface area contributed by atoms with Crippen molar-refractivity contribution >= 4 is 38.9 Å². The first-order chi connectivity index (χ1) is 21.5. The number of ether oxygens (including phenoxy) is 2. The average Bonchev–Trinajstić information content (AvgIpc) is 3.52. The van der Waals surface area contributed by atoms with E-state index in [1.807, 2.05) is 0 Å². The highest BCUT2D eigenvalue weighted by molar-refractivity contribution is 9.10. The second kappa shape index (κ2) is 14.6. The van der Waals surface area contributed by atoms with Gasteiger partial charge in [-0.05, 0) is 78.3 Å². The molecule has 0 unspecified atom stereocenters. The molecule has 0 amide bonds. The van der Waals surface area contributed by atoms with Crippen LogP contribution in [0.5, 0.6) is 0 Å². The zero-order valence-corrected chi connectivity index (χ0v) is 25.7. The van der Waals surface area contributed by atoms with E-state index >= 15 is 0 Å². The fourth-order valence-electron chi connectivity index (χ4n) is 4.95. The smallest absolute Gasteiger partial charge is 0.340 e. The van der Waals surface area contributed by atoms with E-state index in [1.165, 1.54) is 78.0 Å². The summed E-state index contributed by atoms with van der Waals surface area (Å²) < 4.78 is 68.8. The van der Waals surface area contributed by atoms with E-state index in [4.69, 9.17) is 4.74 Å². The molecule has 0 radical (unpaired) electrons. The highest BCUT2D eigenvalue weighted by Gasteiger charge is 2.23. The number of methoxy groups -OCH3 is 2. The van der Waals surface area contributed by atoms with Crippen LogP contribution < -0.4 is 0 Å². The number of hydrogen-bond acceptors (Lipinski definition) is 6. The van der Waals surface area contributed by atoms with E-state index in [0.29, 0.717) is 43.7 Å². The highest BCUT2D eigenvalue weighted by Crippen LogP contribution is 2.35. The first-order valence-corrected chi connectivity index (χ1v) is 14.0. The Hall–Kier alpha value is -5.04. The molecule has 0 fully saturated rings. The molecule has 4 heterocycles.